The van der Waals surface area contributed by atoms with Crippen molar-refractivity contribution >= 4 is 21.7 Å². The van der Waals surface area contributed by atoms with Gasteiger partial charge in [-0.25, -0.2) is 0 Å². The van der Waals surface area contributed by atoms with Gasteiger partial charge in [-0.05, 0) is 25.1 Å². The molecule has 0 spiro atoms. The third-order valence-electron chi connectivity index (χ3n) is 2.50. The monoisotopic (exact) mass is 284 g/mol. The largest absolute Gasteiger partial charge is 0.487 e. The minimum atomic E-state index is 0.00946. The molecule has 1 aromatic rings. The van der Waals surface area contributed by atoms with Crippen LogP contribution in [-0.4, -0.2) is 25.1 Å². The molecule has 86 valence electrons. The van der Waals surface area contributed by atoms with Gasteiger partial charge in [-0.2, -0.15) is 0 Å². The number of ketones is 1. The van der Waals surface area contributed by atoms with E-state index < -0.39 is 0 Å². The molecule has 1 atom stereocenters. The second-order valence-corrected chi connectivity index (χ2v) is 4.72. The topological polar surface area (TPSA) is 35.5 Å². The summed E-state index contributed by atoms with van der Waals surface area (Å²) >= 11 is 3.34. The SMILES string of the molecule is CC(=O)c1cc(Br)ccc1OC1CCOC1. The van der Waals surface area contributed by atoms with Crippen molar-refractivity contribution in [2.45, 2.75) is 19.4 Å². The Kier molecular flexibility index (Phi) is 3.61. The molecule has 0 bridgehead atoms. The van der Waals surface area contributed by atoms with Gasteiger partial charge in [0, 0.05) is 10.9 Å². The molecule has 1 aliphatic rings. The molecule has 0 aromatic heterocycles. The molecular weight excluding hydrogens is 272 g/mol. The molecule has 1 heterocycles. The second kappa shape index (κ2) is 4.97. The van der Waals surface area contributed by atoms with Crippen molar-refractivity contribution in [1.82, 2.24) is 0 Å². The normalized spacial score (nSPS) is 19.8. The molecule has 0 radical (unpaired) electrons. The van der Waals surface area contributed by atoms with Crippen LogP contribution in [0.1, 0.15) is 23.7 Å². The molecule has 0 N–H and O–H groups in total. The molecule has 3 nitrogen and oxygen atoms in total. The summed E-state index contributed by atoms with van der Waals surface area (Å²) in [6.07, 6.45) is 0.951. The molecule has 16 heavy (non-hydrogen) atoms. The van der Waals surface area contributed by atoms with Crippen LogP contribution >= 0.6 is 15.9 Å². The van der Waals surface area contributed by atoms with Gasteiger partial charge in [0.2, 0.25) is 0 Å². The predicted octanol–water partition coefficient (Wildman–Crippen LogP) is 2.82. The number of halogens is 1. The van der Waals surface area contributed by atoms with E-state index in [1.54, 1.807) is 13.0 Å². The zero-order valence-electron chi connectivity index (χ0n) is 9.03. The highest BCUT2D eigenvalue weighted by atomic mass is 79.9. The average molecular weight is 285 g/mol. The van der Waals surface area contributed by atoms with E-state index >= 15 is 0 Å². The van der Waals surface area contributed by atoms with Crippen molar-refractivity contribution < 1.29 is 14.3 Å². The summed E-state index contributed by atoms with van der Waals surface area (Å²) in [5, 5.41) is 0. The molecular formula is C12H13BrO3. The summed E-state index contributed by atoms with van der Waals surface area (Å²) in [5.74, 6) is 0.654. The first-order valence-corrected chi connectivity index (χ1v) is 6.01. The van der Waals surface area contributed by atoms with Crippen LogP contribution in [0.4, 0.5) is 0 Å². The van der Waals surface area contributed by atoms with Gasteiger partial charge in [-0.3, -0.25) is 4.79 Å². The molecule has 0 aliphatic carbocycles. The van der Waals surface area contributed by atoms with Crippen molar-refractivity contribution in [3.05, 3.63) is 28.2 Å². The molecule has 1 fully saturated rings. The Hall–Kier alpha value is -0.870. The number of ether oxygens (including phenoxy) is 2. The van der Waals surface area contributed by atoms with Crippen LogP contribution in [0.25, 0.3) is 0 Å². The molecule has 1 aromatic carbocycles. The lowest BCUT2D eigenvalue weighted by Crippen LogP contribution is -2.17. The van der Waals surface area contributed by atoms with Crippen LogP contribution in [0.15, 0.2) is 22.7 Å². The van der Waals surface area contributed by atoms with Gasteiger partial charge in [0.1, 0.15) is 11.9 Å². The average Bonchev–Trinajstić information content (AvgIpc) is 2.73. The Morgan fingerprint density at radius 1 is 1.56 bits per heavy atom. The first-order valence-electron chi connectivity index (χ1n) is 5.21. The Morgan fingerprint density at radius 2 is 2.38 bits per heavy atom. The number of benzene rings is 1. The number of hydrogen-bond donors (Lipinski definition) is 0. The molecule has 1 aliphatic heterocycles. The van der Waals surface area contributed by atoms with E-state index in [0.29, 0.717) is 17.9 Å². The molecule has 1 unspecified atom stereocenters. The fourth-order valence-electron chi connectivity index (χ4n) is 1.67. The minimum absolute atomic E-state index is 0.00946. The summed E-state index contributed by atoms with van der Waals surface area (Å²) < 4.78 is 11.9. The number of Topliss-reactive ketones (excluding diaryl/α,β-unsaturated/α-hetero) is 1. The highest BCUT2D eigenvalue weighted by molar-refractivity contribution is 9.10. The Bertz CT molecular complexity index is 397. The summed E-state index contributed by atoms with van der Waals surface area (Å²) in [6, 6.07) is 5.48. The van der Waals surface area contributed by atoms with Crippen molar-refractivity contribution in [3.8, 4) is 5.75 Å². The highest BCUT2D eigenvalue weighted by Gasteiger charge is 2.19. The van der Waals surface area contributed by atoms with Crippen molar-refractivity contribution in [2.75, 3.05) is 13.2 Å². The Morgan fingerprint density at radius 3 is 3.00 bits per heavy atom. The van der Waals surface area contributed by atoms with E-state index in [0.717, 1.165) is 17.5 Å². The predicted molar refractivity (Wildman–Crippen MR) is 64.0 cm³/mol. The summed E-state index contributed by atoms with van der Waals surface area (Å²) in [4.78, 5) is 11.5. The summed E-state index contributed by atoms with van der Waals surface area (Å²) in [7, 11) is 0. The number of carbonyl (C=O) groups excluding carboxylic acids is 1. The van der Waals surface area contributed by atoms with Crippen molar-refractivity contribution in [3.63, 3.8) is 0 Å². The van der Waals surface area contributed by atoms with E-state index in [4.69, 9.17) is 9.47 Å². The highest BCUT2D eigenvalue weighted by Crippen LogP contribution is 2.26. The lowest BCUT2D eigenvalue weighted by Gasteiger charge is -2.14. The first-order chi connectivity index (χ1) is 7.66. The molecule has 0 saturated carbocycles. The van der Waals surface area contributed by atoms with E-state index in [9.17, 15) is 4.79 Å². The maximum Gasteiger partial charge on any atom is 0.163 e. The fourth-order valence-corrected chi connectivity index (χ4v) is 2.03. The minimum Gasteiger partial charge on any atom is -0.487 e. The van der Waals surface area contributed by atoms with E-state index in [1.807, 2.05) is 12.1 Å². The van der Waals surface area contributed by atoms with Crippen LogP contribution in [0.3, 0.4) is 0 Å². The van der Waals surface area contributed by atoms with Gasteiger partial charge in [0.15, 0.2) is 5.78 Å². The van der Waals surface area contributed by atoms with Gasteiger partial charge in [0.05, 0.1) is 18.8 Å². The summed E-state index contributed by atoms with van der Waals surface area (Å²) in [6.45, 7) is 2.88. The Balaban J connectivity index is 2.21. The zero-order valence-corrected chi connectivity index (χ0v) is 10.6. The van der Waals surface area contributed by atoms with Crippen LogP contribution < -0.4 is 4.74 Å². The first kappa shape index (κ1) is 11.6. The fraction of sp³-hybridized carbons (Fsp3) is 0.417. The lowest BCUT2D eigenvalue weighted by molar-refractivity contribution is 0.100. The maximum atomic E-state index is 11.5. The smallest absolute Gasteiger partial charge is 0.163 e. The van der Waals surface area contributed by atoms with Crippen molar-refractivity contribution in [2.24, 2.45) is 0 Å². The standard InChI is InChI=1S/C12H13BrO3/c1-8(14)11-6-9(13)2-3-12(11)16-10-4-5-15-7-10/h2-3,6,10H,4-5,7H2,1H3. The van der Waals surface area contributed by atoms with Crippen molar-refractivity contribution in [1.29, 1.82) is 0 Å². The number of rotatable bonds is 3. The Labute approximate surface area is 103 Å². The summed E-state index contributed by atoms with van der Waals surface area (Å²) in [5.41, 5.74) is 0.612. The van der Waals surface area contributed by atoms with Gasteiger partial charge in [-0.15, -0.1) is 0 Å². The van der Waals surface area contributed by atoms with E-state index in [1.165, 1.54) is 0 Å². The van der Waals surface area contributed by atoms with Gasteiger partial charge < -0.3 is 9.47 Å². The van der Waals surface area contributed by atoms with Gasteiger partial charge in [0.25, 0.3) is 0 Å². The third-order valence-corrected chi connectivity index (χ3v) is 3.00. The van der Waals surface area contributed by atoms with Crippen LogP contribution in [0, 0.1) is 0 Å². The number of hydrogen-bond acceptors (Lipinski definition) is 3. The zero-order chi connectivity index (χ0) is 11.5. The quantitative estimate of drug-likeness (QED) is 0.801. The molecule has 4 heteroatoms. The van der Waals surface area contributed by atoms with Crippen LogP contribution in [-0.2, 0) is 4.74 Å². The second-order valence-electron chi connectivity index (χ2n) is 3.80. The maximum absolute atomic E-state index is 11.5. The number of carbonyl (C=O) groups is 1. The van der Waals surface area contributed by atoms with Gasteiger partial charge in [-0.1, -0.05) is 15.9 Å². The lowest BCUT2D eigenvalue weighted by atomic mass is 10.1. The van der Waals surface area contributed by atoms with Gasteiger partial charge >= 0.3 is 0 Å². The molecule has 1 saturated heterocycles. The molecule has 0 amide bonds. The molecule has 2 rings (SSSR count). The van der Waals surface area contributed by atoms with E-state index in [2.05, 4.69) is 15.9 Å². The van der Waals surface area contributed by atoms with Crippen LogP contribution in [0.2, 0.25) is 0 Å². The third kappa shape index (κ3) is 2.62. The van der Waals surface area contributed by atoms with E-state index in [-0.39, 0.29) is 11.9 Å². The van der Waals surface area contributed by atoms with Crippen LogP contribution in [0.5, 0.6) is 5.75 Å².